The van der Waals surface area contributed by atoms with Crippen LogP contribution in [0.15, 0.2) is 30.9 Å². The van der Waals surface area contributed by atoms with E-state index in [1.807, 2.05) is 24.8 Å². The van der Waals surface area contributed by atoms with Gasteiger partial charge in [-0.3, -0.25) is 14.6 Å². The van der Waals surface area contributed by atoms with E-state index in [9.17, 15) is 9.59 Å². The van der Waals surface area contributed by atoms with Gasteiger partial charge in [0, 0.05) is 38.3 Å². The first kappa shape index (κ1) is 24.8. The van der Waals surface area contributed by atoms with Crippen LogP contribution >= 0.6 is 0 Å². The molecule has 1 unspecified atom stereocenters. The Labute approximate surface area is 204 Å². The molecule has 1 atom stereocenters. The molecule has 1 aromatic rings. The van der Waals surface area contributed by atoms with Gasteiger partial charge in [-0.2, -0.15) is 0 Å². The summed E-state index contributed by atoms with van der Waals surface area (Å²) in [5.41, 5.74) is 3.29. The molecule has 2 heterocycles. The van der Waals surface area contributed by atoms with Crippen molar-refractivity contribution in [1.82, 2.24) is 10.2 Å². The molecule has 1 N–H and O–H groups in total. The van der Waals surface area contributed by atoms with Crippen molar-refractivity contribution in [1.29, 1.82) is 0 Å². The molecule has 186 valence electrons. The van der Waals surface area contributed by atoms with E-state index in [1.54, 1.807) is 0 Å². The van der Waals surface area contributed by atoms with E-state index in [1.165, 1.54) is 30.4 Å². The van der Waals surface area contributed by atoms with Gasteiger partial charge in [-0.15, -0.1) is 6.58 Å². The number of carbonyl (C=O) groups is 2. The molecule has 1 aliphatic carbocycles. The lowest BCUT2D eigenvalue weighted by atomic mass is 9.71. The molecular weight excluding hydrogens is 426 g/mol. The number of hydrogen-bond donors (Lipinski definition) is 1. The fourth-order valence-corrected chi connectivity index (χ4v) is 6.24. The molecule has 0 bridgehead atoms. The number of esters is 1. The van der Waals surface area contributed by atoms with Crippen LogP contribution in [0, 0.1) is 5.92 Å². The average molecular weight is 468 g/mol. The van der Waals surface area contributed by atoms with Gasteiger partial charge >= 0.3 is 12.0 Å². The molecule has 1 saturated carbocycles. The van der Waals surface area contributed by atoms with Gasteiger partial charge in [-0.1, -0.05) is 31.4 Å². The van der Waals surface area contributed by atoms with Crippen molar-refractivity contribution in [2.45, 2.75) is 83.3 Å². The summed E-state index contributed by atoms with van der Waals surface area (Å²) in [6.45, 7) is 11.2. The highest BCUT2D eigenvalue weighted by molar-refractivity contribution is 5.96. The fraction of sp³-hybridized carbons (Fsp3) is 0.643. The second-order valence-corrected chi connectivity index (χ2v) is 10.5. The lowest BCUT2D eigenvalue weighted by Crippen LogP contribution is -2.54. The van der Waals surface area contributed by atoms with Crippen LogP contribution in [0.4, 0.5) is 10.5 Å². The van der Waals surface area contributed by atoms with Crippen molar-refractivity contribution in [2.75, 3.05) is 31.1 Å². The van der Waals surface area contributed by atoms with Crippen molar-refractivity contribution >= 4 is 17.7 Å². The zero-order valence-corrected chi connectivity index (χ0v) is 21.0. The highest BCUT2D eigenvalue weighted by Crippen LogP contribution is 2.44. The standard InChI is InChI=1S/C28H41N3O3/c1-4-16-30-17-13-22-10-11-25(19-23(22)14-18-30)31-27(33)29-20-28(31,24-8-6-5-7-9-24)15-12-26(32)34-21(2)3/h4,10-11,19,21,24H,1,5-9,12-18,20H2,2-3H3,(H,29,33). The Bertz CT molecular complexity index is 893. The smallest absolute Gasteiger partial charge is 0.322 e. The zero-order chi connectivity index (χ0) is 24.1. The van der Waals surface area contributed by atoms with Crippen LogP contribution in [0.25, 0.3) is 0 Å². The summed E-state index contributed by atoms with van der Waals surface area (Å²) in [7, 11) is 0. The number of hydrogen-bond acceptors (Lipinski definition) is 4. The van der Waals surface area contributed by atoms with Gasteiger partial charge in [0.2, 0.25) is 0 Å². The maximum Gasteiger partial charge on any atom is 0.322 e. The van der Waals surface area contributed by atoms with Crippen LogP contribution in [-0.4, -0.2) is 54.7 Å². The minimum atomic E-state index is -0.388. The molecule has 1 aromatic carbocycles. The topological polar surface area (TPSA) is 61.9 Å². The van der Waals surface area contributed by atoms with E-state index in [0.29, 0.717) is 25.3 Å². The van der Waals surface area contributed by atoms with Crippen LogP contribution in [0.2, 0.25) is 0 Å². The molecule has 0 radical (unpaired) electrons. The number of nitrogens with zero attached hydrogens (tertiary/aromatic N) is 2. The zero-order valence-electron chi connectivity index (χ0n) is 21.0. The van der Waals surface area contributed by atoms with Crippen molar-refractivity contribution < 1.29 is 14.3 Å². The summed E-state index contributed by atoms with van der Waals surface area (Å²) in [4.78, 5) is 30.3. The van der Waals surface area contributed by atoms with E-state index >= 15 is 0 Å². The third-order valence-corrected chi connectivity index (χ3v) is 7.92. The highest BCUT2D eigenvalue weighted by Gasteiger charge is 2.51. The minimum Gasteiger partial charge on any atom is -0.463 e. The Balaban J connectivity index is 1.63. The van der Waals surface area contributed by atoms with E-state index in [2.05, 4.69) is 35.0 Å². The molecule has 2 aliphatic heterocycles. The number of nitrogens with one attached hydrogen (secondary N) is 1. The van der Waals surface area contributed by atoms with Crippen molar-refractivity contribution in [3.05, 3.63) is 42.0 Å². The summed E-state index contributed by atoms with van der Waals surface area (Å²) in [5, 5.41) is 3.15. The molecule has 3 aliphatic rings. The first-order chi connectivity index (χ1) is 16.4. The van der Waals surface area contributed by atoms with Gasteiger partial charge in [-0.05, 0) is 75.1 Å². The van der Waals surface area contributed by atoms with Crippen LogP contribution < -0.4 is 10.2 Å². The number of fused-ring (bicyclic) bond motifs is 1. The number of anilines is 1. The van der Waals surface area contributed by atoms with Crippen LogP contribution in [-0.2, 0) is 22.4 Å². The van der Waals surface area contributed by atoms with Crippen molar-refractivity contribution in [2.24, 2.45) is 5.92 Å². The van der Waals surface area contributed by atoms with E-state index in [-0.39, 0.29) is 23.6 Å². The summed E-state index contributed by atoms with van der Waals surface area (Å²) < 4.78 is 5.45. The monoisotopic (exact) mass is 467 g/mol. The minimum absolute atomic E-state index is 0.0374. The Morgan fingerprint density at radius 1 is 1.21 bits per heavy atom. The van der Waals surface area contributed by atoms with E-state index < -0.39 is 0 Å². The number of benzene rings is 1. The van der Waals surface area contributed by atoms with E-state index in [0.717, 1.165) is 51.0 Å². The lowest BCUT2D eigenvalue weighted by molar-refractivity contribution is -0.147. The fourth-order valence-electron chi connectivity index (χ4n) is 6.24. The van der Waals surface area contributed by atoms with Crippen LogP contribution in [0.5, 0.6) is 0 Å². The van der Waals surface area contributed by atoms with Gasteiger partial charge in [0.25, 0.3) is 0 Å². The maximum atomic E-state index is 13.3. The molecular formula is C28H41N3O3. The Hall–Kier alpha value is -2.34. The number of rotatable bonds is 8. The normalized spacial score (nSPS) is 24.0. The van der Waals surface area contributed by atoms with Gasteiger partial charge in [0.05, 0.1) is 11.6 Å². The summed E-state index contributed by atoms with van der Waals surface area (Å²) in [6.07, 6.45) is 10.6. The van der Waals surface area contributed by atoms with Crippen LogP contribution in [0.1, 0.15) is 69.9 Å². The SMILES string of the molecule is C=CCN1CCc2ccc(N3C(=O)NCC3(CCC(=O)OC(C)C)C3CCCCC3)cc2CC1. The Morgan fingerprint density at radius 3 is 2.65 bits per heavy atom. The summed E-state index contributed by atoms with van der Waals surface area (Å²) in [5.74, 6) is 0.211. The van der Waals surface area contributed by atoms with Gasteiger partial charge in [0.15, 0.2) is 0 Å². The molecule has 2 amide bonds. The first-order valence-corrected chi connectivity index (χ1v) is 13.2. The molecule has 34 heavy (non-hydrogen) atoms. The number of urea groups is 1. The molecule has 1 saturated heterocycles. The quantitative estimate of drug-likeness (QED) is 0.438. The highest BCUT2D eigenvalue weighted by atomic mass is 16.5. The van der Waals surface area contributed by atoms with Crippen molar-refractivity contribution in [3.63, 3.8) is 0 Å². The third kappa shape index (κ3) is 5.32. The number of carbonyl (C=O) groups excluding carboxylic acids is 2. The molecule has 4 rings (SSSR count). The van der Waals surface area contributed by atoms with Gasteiger partial charge in [-0.25, -0.2) is 4.79 Å². The summed E-state index contributed by atoms with van der Waals surface area (Å²) >= 11 is 0. The van der Waals surface area contributed by atoms with Gasteiger partial charge < -0.3 is 10.1 Å². The molecule has 6 heteroatoms. The third-order valence-electron chi connectivity index (χ3n) is 7.92. The predicted octanol–water partition coefficient (Wildman–Crippen LogP) is 4.85. The molecule has 6 nitrogen and oxygen atoms in total. The lowest BCUT2D eigenvalue weighted by Gasteiger charge is -2.45. The largest absolute Gasteiger partial charge is 0.463 e. The second-order valence-electron chi connectivity index (χ2n) is 10.5. The van der Waals surface area contributed by atoms with Crippen LogP contribution in [0.3, 0.4) is 0 Å². The summed E-state index contributed by atoms with van der Waals surface area (Å²) in [6, 6.07) is 6.54. The Kier molecular flexibility index (Phi) is 7.97. The molecule has 2 fully saturated rings. The maximum absolute atomic E-state index is 13.3. The second kappa shape index (κ2) is 10.9. The number of ether oxygens (including phenoxy) is 1. The van der Waals surface area contributed by atoms with Crippen molar-refractivity contribution in [3.8, 4) is 0 Å². The number of amides is 2. The predicted molar refractivity (Wildman–Crippen MR) is 136 cm³/mol. The first-order valence-electron chi connectivity index (χ1n) is 13.2. The molecule has 0 spiro atoms. The Morgan fingerprint density at radius 2 is 1.94 bits per heavy atom. The van der Waals surface area contributed by atoms with Gasteiger partial charge in [0.1, 0.15) is 0 Å². The van der Waals surface area contributed by atoms with E-state index in [4.69, 9.17) is 4.74 Å². The average Bonchev–Trinajstić information content (AvgIpc) is 3.03. The molecule has 0 aromatic heterocycles.